The summed E-state index contributed by atoms with van der Waals surface area (Å²) in [6.45, 7) is 1.56. The molecule has 0 N–H and O–H groups in total. The first-order valence-electron chi connectivity index (χ1n) is 2.69. The molecule has 0 spiro atoms. The van der Waals surface area contributed by atoms with E-state index in [0.717, 1.165) is 0 Å². The van der Waals surface area contributed by atoms with E-state index in [4.69, 9.17) is 0 Å². The van der Waals surface area contributed by atoms with Gasteiger partial charge < -0.3 is 0 Å². The number of aryl methyl sites for hydroxylation is 1. The molecule has 0 aliphatic carbocycles. The van der Waals surface area contributed by atoms with Gasteiger partial charge in [0.25, 0.3) is 6.43 Å². The molecule has 0 aromatic carbocycles. The standard InChI is InChI=1S/C6H5F2N2/c1-4-9-3-2-5(10-4)6(7)8/h3,6H,1H3. The van der Waals surface area contributed by atoms with Crippen molar-refractivity contribution in [3.8, 4) is 0 Å². The van der Waals surface area contributed by atoms with Crippen molar-refractivity contribution in [3.63, 3.8) is 0 Å². The van der Waals surface area contributed by atoms with Crippen LogP contribution in [-0.4, -0.2) is 9.97 Å². The zero-order valence-electron chi connectivity index (χ0n) is 5.31. The van der Waals surface area contributed by atoms with Crippen LogP contribution in [-0.2, 0) is 0 Å². The normalized spacial score (nSPS) is 10.4. The van der Waals surface area contributed by atoms with Gasteiger partial charge in [0.05, 0.1) is 0 Å². The van der Waals surface area contributed by atoms with E-state index in [-0.39, 0.29) is 5.69 Å². The lowest BCUT2D eigenvalue weighted by Crippen LogP contribution is -1.94. The second-order valence-corrected chi connectivity index (χ2v) is 1.75. The van der Waals surface area contributed by atoms with Gasteiger partial charge in [0.1, 0.15) is 11.5 Å². The lowest BCUT2D eigenvalue weighted by atomic mass is 10.4. The molecule has 0 amide bonds. The molecule has 1 aromatic heterocycles. The second-order valence-electron chi connectivity index (χ2n) is 1.75. The fourth-order valence-electron chi connectivity index (χ4n) is 0.539. The fraction of sp³-hybridized carbons (Fsp3) is 0.333. The molecule has 53 valence electrons. The highest BCUT2D eigenvalue weighted by atomic mass is 19.3. The number of hydrogen-bond acceptors (Lipinski definition) is 2. The fourth-order valence-corrected chi connectivity index (χ4v) is 0.539. The SMILES string of the molecule is Cc1nc[c]c(C(F)F)n1. The van der Waals surface area contributed by atoms with Crippen LogP contribution in [0, 0.1) is 13.0 Å². The van der Waals surface area contributed by atoms with E-state index in [2.05, 4.69) is 16.0 Å². The zero-order chi connectivity index (χ0) is 7.56. The molecular formula is C6H5F2N2. The molecule has 0 saturated heterocycles. The van der Waals surface area contributed by atoms with E-state index in [0.29, 0.717) is 5.82 Å². The second kappa shape index (κ2) is 2.68. The lowest BCUT2D eigenvalue weighted by Gasteiger charge is -1.96. The summed E-state index contributed by atoms with van der Waals surface area (Å²) in [6.07, 6.45) is -1.36. The molecule has 0 aliphatic rings. The summed E-state index contributed by atoms with van der Waals surface area (Å²) in [4.78, 5) is 7.08. The Balaban J connectivity index is 2.96. The van der Waals surface area contributed by atoms with Crippen molar-refractivity contribution in [2.24, 2.45) is 0 Å². The molecule has 1 heterocycles. The van der Waals surface area contributed by atoms with E-state index < -0.39 is 6.43 Å². The predicted octanol–water partition coefficient (Wildman–Crippen LogP) is 1.52. The van der Waals surface area contributed by atoms with Gasteiger partial charge in [-0.1, -0.05) is 0 Å². The number of aromatic nitrogens is 2. The zero-order valence-corrected chi connectivity index (χ0v) is 5.31. The van der Waals surface area contributed by atoms with Crippen LogP contribution in [0.15, 0.2) is 6.20 Å². The van der Waals surface area contributed by atoms with Gasteiger partial charge in [0, 0.05) is 12.3 Å². The molecule has 10 heavy (non-hydrogen) atoms. The summed E-state index contributed by atoms with van der Waals surface area (Å²) in [5.74, 6) is 0.342. The van der Waals surface area contributed by atoms with Crippen LogP contribution < -0.4 is 0 Å². The van der Waals surface area contributed by atoms with Crippen molar-refractivity contribution in [3.05, 3.63) is 23.8 Å². The Kier molecular flexibility index (Phi) is 1.89. The van der Waals surface area contributed by atoms with E-state index in [1.807, 2.05) is 0 Å². The Morgan fingerprint density at radius 2 is 2.30 bits per heavy atom. The number of rotatable bonds is 1. The third-order valence-corrected chi connectivity index (χ3v) is 0.953. The molecule has 0 unspecified atom stereocenters. The minimum absolute atomic E-state index is 0.340. The third-order valence-electron chi connectivity index (χ3n) is 0.953. The maximum Gasteiger partial charge on any atom is 0.281 e. The van der Waals surface area contributed by atoms with E-state index >= 15 is 0 Å². The molecule has 0 saturated carbocycles. The Labute approximate surface area is 56.9 Å². The first-order chi connectivity index (χ1) is 4.70. The topological polar surface area (TPSA) is 25.8 Å². The van der Waals surface area contributed by atoms with Gasteiger partial charge in [-0.25, -0.2) is 18.7 Å². The quantitative estimate of drug-likeness (QED) is 0.595. The minimum atomic E-state index is -2.55. The van der Waals surface area contributed by atoms with Crippen molar-refractivity contribution in [2.45, 2.75) is 13.3 Å². The van der Waals surface area contributed by atoms with Crippen LogP contribution in [0.1, 0.15) is 17.9 Å². The van der Waals surface area contributed by atoms with Crippen LogP contribution in [0.5, 0.6) is 0 Å². The van der Waals surface area contributed by atoms with Gasteiger partial charge in [-0.05, 0) is 6.92 Å². The van der Waals surface area contributed by atoms with Gasteiger partial charge in [0.15, 0.2) is 0 Å². The van der Waals surface area contributed by atoms with Crippen molar-refractivity contribution in [1.29, 1.82) is 0 Å². The van der Waals surface area contributed by atoms with Gasteiger partial charge in [-0.2, -0.15) is 0 Å². The van der Waals surface area contributed by atoms with Crippen LogP contribution >= 0.6 is 0 Å². The van der Waals surface area contributed by atoms with E-state index in [1.54, 1.807) is 6.92 Å². The Hall–Kier alpha value is -1.06. The summed E-state index contributed by atoms with van der Waals surface area (Å²) < 4.78 is 23.7. The molecule has 0 aliphatic heterocycles. The average Bonchev–Trinajstić information content (AvgIpc) is 1.88. The first kappa shape index (κ1) is 7.05. The highest BCUT2D eigenvalue weighted by Crippen LogP contribution is 2.13. The van der Waals surface area contributed by atoms with Gasteiger partial charge in [-0.15, -0.1) is 0 Å². The van der Waals surface area contributed by atoms with E-state index in [1.165, 1.54) is 6.20 Å². The van der Waals surface area contributed by atoms with Crippen LogP contribution in [0.2, 0.25) is 0 Å². The highest BCUT2D eigenvalue weighted by Gasteiger charge is 2.07. The molecule has 1 aromatic rings. The Morgan fingerprint density at radius 3 is 2.70 bits per heavy atom. The Morgan fingerprint density at radius 1 is 1.60 bits per heavy atom. The molecule has 0 atom stereocenters. The molecule has 0 bridgehead atoms. The van der Waals surface area contributed by atoms with Gasteiger partial charge in [-0.3, -0.25) is 0 Å². The van der Waals surface area contributed by atoms with Crippen LogP contribution in [0.4, 0.5) is 8.78 Å². The van der Waals surface area contributed by atoms with Gasteiger partial charge in [0.2, 0.25) is 0 Å². The van der Waals surface area contributed by atoms with Crippen molar-refractivity contribution in [1.82, 2.24) is 9.97 Å². The Bertz CT molecular complexity index is 225. The first-order valence-corrected chi connectivity index (χ1v) is 2.69. The molecule has 1 rings (SSSR count). The van der Waals surface area contributed by atoms with Crippen LogP contribution in [0.25, 0.3) is 0 Å². The largest absolute Gasteiger partial charge is 0.281 e. The number of hydrogen-bond donors (Lipinski definition) is 0. The minimum Gasteiger partial charge on any atom is -0.241 e. The number of halogens is 2. The molecular weight excluding hydrogens is 138 g/mol. The summed E-state index contributed by atoms with van der Waals surface area (Å²) in [5, 5.41) is 0. The summed E-state index contributed by atoms with van der Waals surface area (Å²) in [7, 11) is 0. The van der Waals surface area contributed by atoms with E-state index in [9.17, 15) is 8.78 Å². The predicted molar refractivity (Wildman–Crippen MR) is 30.6 cm³/mol. The monoisotopic (exact) mass is 143 g/mol. The summed E-state index contributed by atoms with van der Waals surface area (Å²) >= 11 is 0. The number of alkyl halides is 2. The van der Waals surface area contributed by atoms with Crippen molar-refractivity contribution in [2.75, 3.05) is 0 Å². The van der Waals surface area contributed by atoms with Gasteiger partial charge >= 0.3 is 0 Å². The molecule has 0 fully saturated rings. The summed E-state index contributed by atoms with van der Waals surface area (Å²) in [6, 6.07) is 2.24. The lowest BCUT2D eigenvalue weighted by molar-refractivity contribution is 0.145. The molecule has 1 radical (unpaired) electrons. The maximum absolute atomic E-state index is 11.8. The van der Waals surface area contributed by atoms with Crippen molar-refractivity contribution >= 4 is 0 Å². The molecule has 4 heteroatoms. The van der Waals surface area contributed by atoms with Crippen LogP contribution in [0.3, 0.4) is 0 Å². The summed E-state index contributed by atoms with van der Waals surface area (Å²) in [5.41, 5.74) is -0.340. The molecule has 2 nitrogen and oxygen atoms in total. The average molecular weight is 143 g/mol. The smallest absolute Gasteiger partial charge is 0.241 e. The maximum atomic E-state index is 11.8. The van der Waals surface area contributed by atoms with Crippen molar-refractivity contribution < 1.29 is 8.78 Å². The third kappa shape index (κ3) is 1.46. The number of nitrogens with zero attached hydrogens (tertiary/aromatic N) is 2. The highest BCUT2D eigenvalue weighted by molar-refractivity contribution is 5.00.